The van der Waals surface area contributed by atoms with Crippen molar-refractivity contribution < 1.29 is 9.53 Å². The van der Waals surface area contributed by atoms with E-state index < -0.39 is 0 Å². The van der Waals surface area contributed by atoms with Gasteiger partial charge in [-0.25, -0.2) is 4.98 Å². The molecule has 2 aromatic rings. The molecule has 0 unspecified atom stereocenters. The van der Waals surface area contributed by atoms with E-state index in [1.54, 1.807) is 12.0 Å². The van der Waals surface area contributed by atoms with Crippen LogP contribution in [0, 0.1) is 0 Å². The van der Waals surface area contributed by atoms with Gasteiger partial charge in [0.2, 0.25) is 5.91 Å². The van der Waals surface area contributed by atoms with Crippen molar-refractivity contribution in [3.63, 3.8) is 0 Å². The summed E-state index contributed by atoms with van der Waals surface area (Å²) in [5.74, 6) is 0.814. The van der Waals surface area contributed by atoms with E-state index in [1.165, 1.54) is 0 Å². The molecule has 6 heteroatoms. The number of nitrogen functional groups attached to an aromatic ring is 1. The Hall–Kier alpha value is -2.34. The lowest BCUT2D eigenvalue weighted by molar-refractivity contribution is -0.118. The van der Waals surface area contributed by atoms with Crippen LogP contribution in [0.3, 0.4) is 0 Å². The van der Waals surface area contributed by atoms with Crippen LogP contribution < -0.4 is 16.2 Å². The van der Waals surface area contributed by atoms with Crippen LogP contribution >= 0.6 is 0 Å². The maximum absolute atomic E-state index is 10.9. The molecule has 20 heavy (non-hydrogen) atoms. The van der Waals surface area contributed by atoms with Crippen molar-refractivity contribution in [2.24, 2.45) is 5.73 Å². The monoisotopic (exact) mass is 274 g/mol. The Bertz CT molecular complexity index is 642. The van der Waals surface area contributed by atoms with Crippen LogP contribution in [0.2, 0.25) is 0 Å². The number of nitrogens with zero attached hydrogens (tertiary/aromatic N) is 2. The van der Waals surface area contributed by atoms with Crippen LogP contribution in [0.4, 0.5) is 5.82 Å². The quantitative estimate of drug-likeness (QED) is 0.838. The van der Waals surface area contributed by atoms with Gasteiger partial charge in [-0.2, -0.15) is 0 Å². The number of rotatable bonds is 5. The van der Waals surface area contributed by atoms with Crippen molar-refractivity contribution in [3.05, 3.63) is 29.8 Å². The zero-order valence-corrected chi connectivity index (χ0v) is 11.6. The van der Waals surface area contributed by atoms with Gasteiger partial charge in [0.05, 0.1) is 19.2 Å². The van der Waals surface area contributed by atoms with Gasteiger partial charge >= 0.3 is 0 Å². The molecule has 1 heterocycles. The van der Waals surface area contributed by atoms with Crippen LogP contribution in [0.1, 0.15) is 5.56 Å². The number of carbonyl (C=O) groups excluding carboxylic acids is 1. The first-order valence-corrected chi connectivity index (χ1v) is 6.19. The molecule has 0 atom stereocenters. The fourth-order valence-corrected chi connectivity index (χ4v) is 2.07. The summed E-state index contributed by atoms with van der Waals surface area (Å²) in [6.07, 6.45) is 0. The van der Waals surface area contributed by atoms with Crippen molar-refractivity contribution in [2.45, 2.75) is 6.54 Å². The number of likely N-dealkylation sites (N-methyl/N-ethyl adjacent to an activating group) is 1. The lowest BCUT2D eigenvalue weighted by atomic mass is 10.1. The molecule has 0 saturated carbocycles. The van der Waals surface area contributed by atoms with Gasteiger partial charge in [-0.3, -0.25) is 9.69 Å². The van der Waals surface area contributed by atoms with Crippen LogP contribution in [-0.2, 0) is 11.3 Å². The molecule has 0 radical (unpaired) electrons. The standard InChI is InChI=1S/C14H18N4O2/c1-18(8-13(15)19)7-10-5-9-3-4-11(20-2)6-12(9)17-14(10)16/h3-6H,7-8H2,1-2H3,(H2,15,19)(H2,16,17). The number of amides is 1. The first-order valence-electron chi connectivity index (χ1n) is 6.19. The van der Waals surface area contributed by atoms with Crippen molar-refractivity contribution in [3.8, 4) is 5.75 Å². The fraction of sp³-hybridized carbons (Fsp3) is 0.286. The van der Waals surface area contributed by atoms with Crippen molar-refractivity contribution in [1.29, 1.82) is 0 Å². The SMILES string of the molecule is COc1ccc2cc(CN(C)CC(N)=O)c(N)nc2c1. The van der Waals surface area contributed by atoms with Gasteiger partial charge in [-0.15, -0.1) is 0 Å². The number of pyridine rings is 1. The van der Waals surface area contributed by atoms with E-state index in [0.29, 0.717) is 12.4 Å². The molecule has 0 fully saturated rings. The third-order valence-corrected chi connectivity index (χ3v) is 3.00. The number of fused-ring (bicyclic) bond motifs is 1. The molecular weight excluding hydrogens is 256 g/mol. The minimum Gasteiger partial charge on any atom is -0.497 e. The molecular formula is C14H18N4O2. The minimum absolute atomic E-state index is 0.181. The molecule has 6 nitrogen and oxygen atoms in total. The average Bonchev–Trinajstić information content (AvgIpc) is 2.38. The number of hydrogen-bond acceptors (Lipinski definition) is 5. The maximum Gasteiger partial charge on any atom is 0.231 e. The highest BCUT2D eigenvalue weighted by Crippen LogP contribution is 2.23. The summed E-state index contributed by atoms with van der Waals surface area (Å²) in [5, 5.41) is 0.975. The van der Waals surface area contributed by atoms with Crippen LogP contribution in [-0.4, -0.2) is 36.5 Å². The third kappa shape index (κ3) is 3.16. The molecule has 1 aromatic heterocycles. The molecule has 0 aliphatic rings. The van der Waals surface area contributed by atoms with Gasteiger partial charge in [0.15, 0.2) is 0 Å². The smallest absolute Gasteiger partial charge is 0.231 e. The first kappa shape index (κ1) is 14.1. The van der Waals surface area contributed by atoms with E-state index in [2.05, 4.69) is 4.98 Å². The van der Waals surface area contributed by atoms with Crippen molar-refractivity contribution in [1.82, 2.24) is 9.88 Å². The second kappa shape index (κ2) is 5.75. The molecule has 4 N–H and O–H groups in total. The molecule has 2 rings (SSSR count). The fourth-order valence-electron chi connectivity index (χ4n) is 2.07. The number of anilines is 1. The van der Waals surface area contributed by atoms with Gasteiger partial charge in [0.1, 0.15) is 11.6 Å². The lowest BCUT2D eigenvalue weighted by Crippen LogP contribution is -2.30. The second-order valence-electron chi connectivity index (χ2n) is 4.73. The molecule has 0 aliphatic heterocycles. The van der Waals surface area contributed by atoms with Gasteiger partial charge in [0, 0.05) is 23.6 Å². The summed E-state index contributed by atoms with van der Waals surface area (Å²) in [6.45, 7) is 0.698. The molecule has 0 spiro atoms. The number of primary amides is 1. The number of nitrogens with two attached hydrogens (primary N) is 2. The van der Waals surface area contributed by atoms with E-state index >= 15 is 0 Å². The average molecular weight is 274 g/mol. The summed E-state index contributed by atoms with van der Waals surface area (Å²) >= 11 is 0. The zero-order chi connectivity index (χ0) is 14.7. The predicted molar refractivity (Wildman–Crippen MR) is 78.2 cm³/mol. The van der Waals surface area contributed by atoms with E-state index in [4.69, 9.17) is 16.2 Å². The number of aromatic nitrogens is 1. The van der Waals surface area contributed by atoms with Gasteiger partial charge in [-0.1, -0.05) is 0 Å². The highest BCUT2D eigenvalue weighted by Gasteiger charge is 2.09. The molecule has 1 aromatic carbocycles. The summed E-state index contributed by atoms with van der Waals surface area (Å²) in [7, 11) is 3.42. The Morgan fingerprint density at radius 1 is 1.40 bits per heavy atom. The maximum atomic E-state index is 10.9. The second-order valence-corrected chi connectivity index (χ2v) is 4.73. The highest BCUT2D eigenvalue weighted by atomic mass is 16.5. The van der Waals surface area contributed by atoms with Crippen LogP contribution in [0.25, 0.3) is 10.9 Å². The largest absolute Gasteiger partial charge is 0.497 e. The lowest BCUT2D eigenvalue weighted by Gasteiger charge is -2.16. The van der Waals surface area contributed by atoms with E-state index in [-0.39, 0.29) is 12.5 Å². The molecule has 0 aliphatic carbocycles. The first-order chi connectivity index (χ1) is 9.49. The van der Waals surface area contributed by atoms with Crippen molar-refractivity contribution >= 4 is 22.6 Å². The third-order valence-electron chi connectivity index (χ3n) is 3.00. The Kier molecular flexibility index (Phi) is 4.05. The number of methoxy groups -OCH3 is 1. The van der Waals surface area contributed by atoms with Crippen LogP contribution in [0.15, 0.2) is 24.3 Å². The van der Waals surface area contributed by atoms with Crippen molar-refractivity contribution in [2.75, 3.05) is 26.4 Å². The number of hydrogen-bond donors (Lipinski definition) is 2. The number of carbonyl (C=O) groups is 1. The molecule has 0 saturated heterocycles. The minimum atomic E-state index is -0.371. The summed E-state index contributed by atoms with van der Waals surface area (Å²) in [4.78, 5) is 17.1. The van der Waals surface area contributed by atoms with Crippen LogP contribution in [0.5, 0.6) is 5.75 Å². The Balaban J connectivity index is 2.30. The highest BCUT2D eigenvalue weighted by molar-refractivity contribution is 5.82. The molecule has 106 valence electrons. The Labute approximate surface area is 117 Å². The van der Waals surface area contributed by atoms with Gasteiger partial charge in [0.25, 0.3) is 0 Å². The number of ether oxygens (including phenoxy) is 1. The van der Waals surface area contributed by atoms with Gasteiger partial charge < -0.3 is 16.2 Å². The number of benzene rings is 1. The summed E-state index contributed by atoms with van der Waals surface area (Å²) < 4.78 is 5.16. The van der Waals surface area contributed by atoms with Gasteiger partial charge in [-0.05, 0) is 25.2 Å². The van der Waals surface area contributed by atoms with E-state index in [0.717, 1.165) is 22.2 Å². The normalized spacial score (nSPS) is 10.9. The van der Waals surface area contributed by atoms with E-state index in [1.807, 2.05) is 31.3 Å². The summed E-state index contributed by atoms with van der Waals surface area (Å²) in [6, 6.07) is 7.60. The topological polar surface area (TPSA) is 94.5 Å². The van der Waals surface area contributed by atoms with E-state index in [9.17, 15) is 4.79 Å². The Morgan fingerprint density at radius 3 is 2.80 bits per heavy atom. The molecule has 1 amide bonds. The predicted octanol–water partition coefficient (Wildman–Crippen LogP) is 0.743. The summed E-state index contributed by atoms with van der Waals surface area (Å²) in [5.41, 5.74) is 12.8. The molecule has 0 bridgehead atoms. The zero-order valence-electron chi connectivity index (χ0n) is 11.6. The Morgan fingerprint density at radius 2 is 2.15 bits per heavy atom.